The van der Waals surface area contributed by atoms with Gasteiger partial charge in [-0.05, 0) is 73.9 Å². The number of aryl methyl sites for hydroxylation is 1. The molecule has 2 aliphatic heterocycles. The molecule has 0 bridgehead atoms. The van der Waals surface area contributed by atoms with Crippen LogP contribution in [0.1, 0.15) is 75.7 Å². The van der Waals surface area contributed by atoms with E-state index in [0.29, 0.717) is 31.7 Å². The molecule has 1 saturated carbocycles. The highest BCUT2D eigenvalue weighted by Gasteiger charge is 2.42. The number of carbonyl (C=O) groups is 3. The molecule has 1 N–H and O–H groups in total. The number of rotatable bonds is 5. The molecule has 2 aromatic rings. The van der Waals surface area contributed by atoms with Crippen molar-refractivity contribution in [3.8, 4) is 0 Å². The summed E-state index contributed by atoms with van der Waals surface area (Å²) in [6.07, 6.45) is 2.53. The Morgan fingerprint density at radius 2 is 1.83 bits per heavy atom. The summed E-state index contributed by atoms with van der Waals surface area (Å²) in [7, 11) is 3.74. The third-order valence-corrected chi connectivity index (χ3v) is 8.95. The minimum absolute atomic E-state index is 0.0340. The maximum atomic E-state index is 13.5. The van der Waals surface area contributed by atoms with Gasteiger partial charge in [-0.3, -0.25) is 19.4 Å². The summed E-state index contributed by atoms with van der Waals surface area (Å²) in [5, 5.41) is 2.73. The summed E-state index contributed by atoms with van der Waals surface area (Å²) in [4.78, 5) is 50.5. The Hall–Kier alpha value is -4.09. The van der Waals surface area contributed by atoms with Crippen molar-refractivity contribution >= 4 is 17.7 Å². The van der Waals surface area contributed by atoms with Crippen LogP contribution < -0.4 is 5.32 Å². The quantitative estimate of drug-likeness (QED) is 0.578. The zero-order valence-corrected chi connectivity index (χ0v) is 23.5. The minimum atomic E-state index is -4.75. The molecular formula is C30H33F3N6O3. The molecule has 2 aliphatic carbocycles. The van der Waals surface area contributed by atoms with Crippen LogP contribution in [-0.4, -0.2) is 81.8 Å². The second-order valence-electron chi connectivity index (χ2n) is 11.6. The van der Waals surface area contributed by atoms with E-state index < -0.39 is 29.4 Å². The van der Waals surface area contributed by atoms with Crippen molar-refractivity contribution in [1.82, 2.24) is 29.9 Å². The number of amides is 3. The third kappa shape index (κ3) is 5.07. The highest BCUT2D eigenvalue weighted by atomic mass is 19.4. The zero-order chi connectivity index (χ0) is 29.8. The fourth-order valence-electron chi connectivity index (χ4n) is 6.73. The molecule has 4 aliphatic rings. The van der Waals surface area contributed by atoms with Gasteiger partial charge in [0.2, 0.25) is 0 Å². The lowest BCUT2D eigenvalue weighted by Gasteiger charge is -2.38. The van der Waals surface area contributed by atoms with Gasteiger partial charge in [-0.1, -0.05) is 6.07 Å². The summed E-state index contributed by atoms with van der Waals surface area (Å²) >= 11 is 0. The van der Waals surface area contributed by atoms with Crippen molar-refractivity contribution in [3.63, 3.8) is 0 Å². The molecule has 9 nitrogen and oxygen atoms in total. The largest absolute Gasteiger partial charge is 0.434 e. The van der Waals surface area contributed by atoms with Gasteiger partial charge >= 0.3 is 6.18 Å². The van der Waals surface area contributed by atoms with E-state index in [0.717, 1.165) is 54.8 Å². The van der Waals surface area contributed by atoms with E-state index in [2.05, 4.69) is 15.2 Å². The molecule has 42 heavy (non-hydrogen) atoms. The van der Waals surface area contributed by atoms with Crippen molar-refractivity contribution in [2.75, 3.05) is 27.4 Å². The third-order valence-electron chi connectivity index (χ3n) is 8.95. The first-order chi connectivity index (χ1) is 20.0. The number of carbonyl (C=O) groups excluding carboxylic acids is 3. The molecule has 12 heteroatoms. The summed E-state index contributed by atoms with van der Waals surface area (Å²) in [6.45, 7) is 1.32. The molecule has 0 radical (unpaired) electrons. The molecular weight excluding hydrogens is 549 g/mol. The van der Waals surface area contributed by atoms with Crippen LogP contribution in [-0.2, 0) is 17.4 Å². The number of benzene rings is 1. The van der Waals surface area contributed by atoms with Gasteiger partial charge in [0, 0.05) is 44.1 Å². The lowest BCUT2D eigenvalue weighted by molar-refractivity contribution is -0.141. The Labute approximate surface area is 241 Å². The van der Waals surface area contributed by atoms with Gasteiger partial charge in [0.1, 0.15) is 5.70 Å². The van der Waals surface area contributed by atoms with Crippen LogP contribution in [0.3, 0.4) is 0 Å². The molecule has 3 heterocycles. The molecule has 3 amide bonds. The van der Waals surface area contributed by atoms with Gasteiger partial charge < -0.3 is 24.9 Å². The highest BCUT2D eigenvalue weighted by Crippen LogP contribution is 2.36. The van der Waals surface area contributed by atoms with Gasteiger partial charge in [0.05, 0.1) is 24.9 Å². The van der Waals surface area contributed by atoms with E-state index >= 15 is 0 Å². The zero-order valence-electron chi connectivity index (χ0n) is 23.5. The topological polar surface area (TPSA) is 89.1 Å². The first-order valence-electron chi connectivity index (χ1n) is 14.2. The lowest BCUT2D eigenvalue weighted by atomic mass is 9.89. The number of hydrogen-bond donors (Lipinski definition) is 1. The standard InChI is InChI=1S/C30H33F3N6O3/c1-36-15-25-29(42)39(17-38(25)16-36)21-10-8-20(9-11-21)37(2)28(41)19-6-5-18-7-12-24(23(18)14-19)35-27(40)22-4-3-13-34-26(22)30(31,32)33/h3-6,13-15,20-21,24H,7-12,16-17H2,1-2H3,(H,35,40). The number of aromatic nitrogens is 1. The summed E-state index contributed by atoms with van der Waals surface area (Å²) in [6, 6.07) is 7.48. The van der Waals surface area contributed by atoms with Gasteiger partial charge in [-0.25, -0.2) is 0 Å². The maximum Gasteiger partial charge on any atom is 0.434 e. The van der Waals surface area contributed by atoms with Crippen molar-refractivity contribution in [2.24, 2.45) is 0 Å². The van der Waals surface area contributed by atoms with Crippen LogP contribution in [0.2, 0.25) is 0 Å². The molecule has 222 valence electrons. The second-order valence-corrected chi connectivity index (χ2v) is 11.6. The van der Waals surface area contributed by atoms with Gasteiger partial charge in [0.25, 0.3) is 17.7 Å². The van der Waals surface area contributed by atoms with Crippen LogP contribution in [0.15, 0.2) is 48.4 Å². The molecule has 1 aromatic carbocycles. The molecule has 6 rings (SSSR count). The van der Waals surface area contributed by atoms with Gasteiger partial charge in [-0.2, -0.15) is 13.2 Å². The van der Waals surface area contributed by atoms with E-state index in [1.807, 2.05) is 29.1 Å². The van der Waals surface area contributed by atoms with Crippen LogP contribution in [0.5, 0.6) is 0 Å². The molecule has 0 spiro atoms. The van der Waals surface area contributed by atoms with E-state index in [-0.39, 0.29) is 23.9 Å². The predicted octanol–water partition coefficient (Wildman–Crippen LogP) is 3.75. The second kappa shape index (κ2) is 10.6. The normalized spacial score (nSPS) is 23.5. The SMILES string of the molecule is CN1C=C2C(=O)N(C3CCC(N(C)C(=O)c4ccc5c(c4)C(NC(=O)c4cccnc4C(F)(F)F)CC5)CC3)CN2C1. The van der Waals surface area contributed by atoms with E-state index in [9.17, 15) is 27.6 Å². The smallest absolute Gasteiger partial charge is 0.361 e. The summed E-state index contributed by atoms with van der Waals surface area (Å²) < 4.78 is 40.2. The number of halogens is 3. The number of alkyl halides is 3. The number of nitrogens with zero attached hydrogens (tertiary/aromatic N) is 5. The first kappa shape index (κ1) is 28.0. The van der Waals surface area contributed by atoms with E-state index in [1.165, 1.54) is 6.07 Å². The van der Waals surface area contributed by atoms with Crippen molar-refractivity contribution in [1.29, 1.82) is 0 Å². The lowest BCUT2D eigenvalue weighted by Crippen LogP contribution is -2.46. The van der Waals surface area contributed by atoms with Crippen molar-refractivity contribution in [2.45, 2.75) is 62.8 Å². The number of pyridine rings is 1. The van der Waals surface area contributed by atoms with Gasteiger partial charge in [-0.15, -0.1) is 0 Å². The first-order valence-corrected chi connectivity index (χ1v) is 14.2. The molecule has 1 aromatic heterocycles. The predicted molar refractivity (Wildman–Crippen MR) is 147 cm³/mol. The monoisotopic (exact) mass is 582 g/mol. The van der Waals surface area contributed by atoms with E-state index in [1.54, 1.807) is 24.1 Å². The maximum absolute atomic E-state index is 13.5. The summed E-state index contributed by atoms with van der Waals surface area (Å²) in [5.41, 5.74) is 1.18. The Kier molecular flexibility index (Phi) is 7.10. The summed E-state index contributed by atoms with van der Waals surface area (Å²) in [5.74, 6) is -0.916. The average Bonchev–Trinajstić information content (AvgIpc) is 3.64. The molecule has 1 unspecified atom stereocenters. The van der Waals surface area contributed by atoms with Gasteiger partial charge in [0.15, 0.2) is 5.69 Å². The van der Waals surface area contributed by atoms with Crippen LogP contribution in [0.4, 0.5) is 13.2 Å². The molecule has 1 atom stereocenters. The van der Waals surface area contributed by atoms with Crippen LogP contribution in [0, 0.1) is 0 Å². The Morgan fingerprint density at radius 3 is 2.55 bits per heavy atom. The Morgan fingerprint density at radius 1 is 1.07 bits per heavy atom. The molecule has 1 saturated heterocycles. The van der Waals surface area contributed by atoms with Crippen LogP contribution >= 0.6 is 0 Å². The molecule has 2 fully saturated rings. The Bertz CT molecular complexity index is 1450. The van der Waals surface area contributed by atoms with Crippen molar-refractivity contribution in [3.05, 3.63) is 76.4 Å². The van der Waals surface area contributed by atoms with E-state index in [4.69, 9.17) is 0 Å². The number of fused-ring (bicyclic) bond motifs is 2. The number of nitrogens with one attached hydrogen (secondary N) is 1. The average molecular weight is 583 g/mol. The minimum Gasteiger partial charge on any atom is -0.361 e. The number of hydrogen-bond acceptors (Lipinski definition) is 6. The highest BCUT2D eigenvalue weighted by molar-refractivity contribution is 5.97. The Balaban J connectivity index is 1.10. The fraction of sp³-hybridized carbons (Fsp3) is 0.467. The van der Waals surface area contributed by atoms with Crippen molar-refractivity contribution < 1.29 is 27.6 Å². The fourth-order valence-corrected chi connectivity index (χ4v) is 6.73. The van der Waals surface area contributed by atoms with Crippen LogP contribution in [0.25, 0.3) is 0 Å².